The molecule has 6 nitrogen and oxygen atoms in total. The van der Waals surface area contributed by atoms with Crippen LogP contribution in [0.1, 0.15) is 6.42 Å². The van der Waals surface area contributed by atoms with Gasteiger partial charge in [0.1, 0.15) is 0 Å². The summed E-state index contributed by atoms with van der Waals surface area (Å²) in [5.74, 6) is -0.740. The molecule has 0 heterocycles. The highest BCUT2D eigenvalue weighted by Crippen LogP contribution is 2.07. The van der Waals surface area contributed by atoms with Gasteiger partial charge in [-0.25, -0.2) is 13.1 Å². The number of nitrogens with two attached hydrogens (primary N) is 1. The molecular formula is C11H16N2O4S. The van der Waals surface area contributed by atoms with Crippen molar-refractivity contribution in [1.82, 2.24) is 4.72 Å². The Morgan fingerprint density at radius 3 is 2.56 bits per heavy atom. The number of nitrogens with one attached hydrogen (secondary N) is 1. The molecule has 0 spiro atoms. The second-order valence-corrected chi connectivity index (χ2v) is 5.35. The van der Waals surface area contributed by atoms with Crippen LogP contribution >= 0.6 is 0 Å². The molecule has 1 rings (SSSR count). The number of carbonyl (C=O) groups is 1. The molecule has 0 fully saturated rings. The van der Waals surface area contributed by atoms with Gasteiger partial charge < -0.3 is 10.5 Å². The van der Waals surface area contributed by atoms with Crippen LogP contribution in [0.3, 0.4) is 0 Å². The number of ether oxygens (including phenoxy) is 1. The Hall–Kier alpha value is -1.44. The summed E-state index contributed by atoms with van der Waals surface area (Å²) in [6, 6.07) is 6.72. The van der Waals surface area contributed by atoms with E-state index in [1.54, 1.807) is 18.2 Å². The van der Waals surface area contributed by atoms with E-state index in [9.17, 15) is 13.2 Å². The first-order valence-electron chi connectivity index (χ1n) is 5.33. The molecule has 0 radical (unpaired) electrons. The highest BCUT2D eigenvalue weighted by molar-refractivity contribution is 7.90. The predicted octanol–water partition coefficient (Wildman–Crippen LogP) is -0.145. The summed E-state index contributed by atoms with van der Waals surface area (Å²) in [6.07, 6.45) is 0.257. The van der Waals surface area contributed by atoms with E-state index in [1.165, 1.54) is 19.2 Å². The average Bonchev–Trinajstić information content (AvgIpc) is 2.36. The van der Waals surface area contributed by atoms with Crippen molar-refractivity contribution in [1.29, 1.82) is 0 Å². The lowest BCUT2D eigenvalue weighted by Gasteiger charge is -2.12. The van der Waals surface area contributed by atoms with Crippen molar-refractivity contribution >= 4 is 15.9 Å². The molecule has 1 unspecified atom stereocenters. The van der Waals surface area contributed by atoms with Gasteiger partial charge in [0, 0.05) is 13.7 Å². The van der Waals surface area contributed by atoms with E-state index >= 15 is 0 Å². The number of hydrogen-bond acceptors (Lipinski definition) is 5. The SMILES string of the molecule is COCCC(N)C(=O)NS(=O)(=O)c1ccccc1. The molecule has 1 atom stereocenters. The largest absolute Gasteiger partial charge is 0.385 e. The lowest BCUT2D eigenvalue weighted by atomic mass is 10.2. The van der Waals surface area contributed by atoms with Gasteiger partial charge in [-0.3, -0.25) is 4.79 Å². The van der Waals surface area contributed by atoms with Crippen LogP contribution < -0.4 is 10.5 Å². The molecule has 0 aliphatic rings. The predicted molar refractivity (Wildman–Crippen MR) is 66.2 cm³/mol. The highest BCUT2D eigenvalue weighted by Gasteiger charge is 2.21. The van der Waals surface area contributed by atoms with Gasteiger partial charge in [-0.1, -0.05) is 18.2 Å². The van der Waals surface area contributed by atoms with Crippen LogP contribution in [0.2, 0.25) is 0 Å². The van der Waals surface area contributed by atoms with Crippen LogP contribution in [0.15, 0.2) is 35.2 Å². The molecule has 0 aliphatic heterocycles. The fraction of sp³-hybridized carbons (Fsp3) is 0.364. The first-order chi connectivity index (χ1) is 8.47. The minimum absolute atomic E-state index is 0.0253. The highest BCUT2D eigenvalue weighted by atomic mass is 32.2. The molecule has 0 saturated carbocycles. The summed E-state index contributed by atoms with van der Waals surface area (Å²) in [7, 11) is -2.37. The normalized spacial score (nSPS) is 13.0. The molecule has 1 aromatic carbocycles. The van der Waals surface area contributed by atoms with Crippen molar-refractivity contribution in [2.24, 2.45) is 5.73 Å². The summed E-state index contributed by atoms with van der Waals surface area (Å²) < 4.78 is 30.3. The summed E-state index contributed by atoms with van der Waals surface area (Å²) >= 11 is 0. The van der Waals surface area contributed by atoms with E-state index < -0.39 is 22.0 Å². The van der Waals surface area contributed by atoms with Crippen LogP contribution in [0.5, 0.6) is 0 Å². The third-order valence-electron chi connectivity index (χ3n) is 2.26. The van der Waals surface area contributed by atoms with Crippen LogP contribution in [-0.2, 0) is 19.6 Å². The molecule has 1 aromatic rings. The van der Waals surface area contributed by atoms with E-state index in [4.69, 9.17) is 10.5 Å². The minimum atomic E-state index is -3.85. The zero-order valence-electron chi connectivity index (χ0n) is 10.00. The van der Waals surface area contributed by atoms with Crippen LogP contribution in [0, 0.1) is 0 Å². The van der Waals surface area contributed by atoms with E-state index in [0.29, 0.717) is 6.61 Å². The number of carbonyl (C=O) groups excluding carboxylic acids is 1. The van der Waals surface area contributed by atoms with Gasteiger partial charge in [0.05, 0.1) is 10.9 Å². The van der Waals surface area contributed by atoms with E-state index in [-0.39, 0.29) is 11.3 Å². The smallest absolute Gasteiger partial charge is 0.264 e. The molecule has 7 heteroatoms. The average molecular weight is 272 g/mol. The third-order valence-corrected chi connectivity index (χ3v) is 3.62. The number of hydrogen-bond donors (Lipinski definition) is 2. The fourth-order valence-corrected chi connectivity index (χ4v) is 2.29. The summed E-state index contributed by atoms with van der Waals surface area (Å²) in [6.45, 7) is 0.292. The zero-order valence-corrected chi connectivity index (χ0v) is 10.8. The minimum Gasteiger partial charge on any atom is -0.385 e. The van der Waals surface area contributed by atoms with Crippen molar-refractivity contribution in [2.75, 3.05) is 13.7 Å². The van der Waals surface area contributed by atoms with Gasteiger partial charge in [0.15, 0.2) is 0 Å². The molecule has 0 aromatic heterocycles. The maximum absolute atomic E-state index is 11.8. The lowest BCUT2D eigenvalue weighted by molar-refractivity contribution is -0.120. The molecule has 18 heavy (non-hydrogen) atoms. The lowest BCUT2D eigenvalue weighted by Crippen LogP contribution is -2.43. The second-order valence-electron chi connectivity index (χ2n) is 3.67. The topological polar surface area (TPSA) is 98.5 Å². The van der Waals surface area contributed by atoms with Crippen molar-refractivity contribution in [2.45, 2.75) is 17.4 Å². The van der Waals surface area contributed by atoms with Gasteiger partial charge in [-0.2, -0.15) is 0 Å². The number of benzene rings is 1. The Morgan fingerprint density at radius 2 is 2.00 bits per heavy atom. The van der Waals surface area contributed by atoms with Gasteiger partial charge in [-0.15, -0.1) is 0 Å². The van der Waals surface area contributed by atoms with Crippen LogP contribution in [0.25, 0.3) is 0 Å². The number of sulfonamides is 1. The number of rotatable bonds is 6. The fourth-order valence-electron chi connectivity index (χ4n) is 1.24. The van der Waals surface area contributed by atoms with Gasteiger partial charge in [-0.05, 0) is 18.6 Å². The summed E-state index contributed by atoms with van der Waals surface area (Å²) in [4.78, 5) is 11.6. The molecule has 1 amide bonds. The van der Waals surface area contributed by atoms with Crippen molar-refractivity contribution in [3.63, 3.8) is 0 Å². The standard InChI is InChI=1S/C11H16N2O4S/c1-17-8-7-10(12)11(14)13-18(15,16)9-5-3-2-4-6-9/h2-6,10H,7-8,12H2,1H3,(H,13,14). The maximum Gasteiger partial charge on any atom is 0.264 e. The van der Waals surface area contributed by atoms with Gasteiger partial charge in [0.2, 0.25) is 0 Å². The van der Waals surface area contributed by atoms with Crippen LogP contribution in [0.4, 0.5) is 0 Å². The summed E-state index contributed by atoms with van der Waals surface area (Å²) in [5, 5.41) is 0. The molecule has 0 saturated heterocycles. The number of methoxy groups -OCH3 is 1. The molecule has 0 aliphatic carbocycles. The van der Waals surface area contributed by atoms with Gasteiger partial charge >= 0.3 is 0 Å². The number of amides is 1. The van der Waals surface area contributed by atoms with E-state index in [1.807, 2.05) is 4.72 Å². The second kappa shape index (κ2) is 6.48. The van der Waals surface area contributed by atoms with Crippen molar-refractivity contribution in [3.05, 3.63) is 30.3 Å². The zero-order chi connectivity index (χ0) is 13.6. The Kier molecular flexibility index (Phi) is 5.26. The molecule has 100 valence electrons. The first kappa shape index (κ1) is 14.6. The maximum atomic E-state index is 11.8. The first-order valence-corrected chi connectivity index (χ1v) is 6.82. The Bertz CT molecular complexity index is 487. The van der Waals surface area contributed by atoms with Crippen LogP contribution in [-0.4, -0.2) is 34.1 Å². The van der Waals surface area contributed by atoms with E-state index in [2.05, 4.69) is 0 Å². The Labute approximate surface area is 106 Å². The Balaban J connectivity index is 2.70. The monoisotopic (exact) mass is 272 g/mol. The molecular weight excluding hydrogens is 256 g/mol. The van der Waals surface area contributed by atoms with E-state index in [0.717, 1.165) is 0 Å². The third kappa shape index (κ3) is 4.10. The molecule has 0 bridgehead atoms. The quantitative estimate of drug-likeness (QED) is 0.750. The van der Waals surface area contributed by atoms with Crippen molar-refractivity contribution in [3.8, 4) is 0 Å². The molecule has 3 N–H and O–H groups in total. The Morgan fingerprint density at radius 1 is 1.39 bits per heavy atom. The van der Waals surface area contributed by atoms with Gasteiger partial charge in [0.25, 0.3) is 15.9 Å². The summed E-state index contributed by atoms with van der Waals surface area (Å²) in [5.41, 5.74) is 5.53. The van der Waals surface area contributed by atoms with Crippen molar-refractivity contribution < 1.29 is 17.9 Å².